The maximum atomic E-state index is 11.6. The summed E-state index contributed by atoms with van der Waals surface area (Å²) in [5, 5.41) is 15.1. The van der Waals surface area contributed by atoms with Crippen molar-refractivity contribution in [2.24, 2.45) is 0 Å². The molecule has 1 aromatic carbocycles. The number of hydrogen-bond acceptors (Lipinski definition) is 5. The number of hydrogen-bond donors (Lipinski definition) is 2. The van der Waals surface area contributed by atoms with Gasteiger partial charge in [-0.3, -0.25) is 0 Å². The number of anilines is 1. The summed E-state index contributed by atoms with van der Waals surface area (Å²) in [6, 6.07) is 9.57. The Kier molecular flexibility index (Phi) is 3.49. The summed E-state index contributed by atoms with van der Waals surface area (Å²) in [5.74, 6) is -0.218. The standard InChI is InChI=1S/C13H13N3O2/c1-2-18-13(17)10(7-14)12-15-8-9-5-3-4-6-11(9)16-12/h3-6,15-16H,2,8H2,1H3/b12-10-. The van der Waals surface area contributed by atoms with Crippen LogP contribution in [0.3, 0.4) is 0 Å². The molecule has 0 saturated carbocycles. The molecule has 1 aromatic rings. The summed E-state index contributed by atoms with van der Waals surface area (Å²) >= 11 is 0. The summed E-state index contributed by atoms with van der Waals surface area (Å²) in [6.07, 6.45) is 0. The quantitative estimate of drug-likeness (QED) is 0.468. The topological polar surface area (TPSA) is 74.2 Å². The van der Waals surface area contributed by atoms with Gasteiger partial charge in [0.2, 0.25) is 0 Å². The molecule has 1 aliphatic rings. The first-order chi connectivity index (χ1) is 8.76. The van der Waals surface area contributed by atoms with Gasteiger partial charge in [0.15, 0.2) is 5.57 Å². The minimum atomic E-state index is -0.616. The third kappa shape index (κ3) is 2.28. The van der Waals surface area contributed by atoms with E-state index < -0.39 is 5.97 Å². The number of nitrogens with one attached hydrogen (secondary N) is 2. The number of carbonyl (C=O) groups excluding carboxylic acids is 1. The highest BCUT2D eigenvalue weighted by atomic mass is 16.5. The van der Waals surface area contributed by atoms with E-state index in [0.717, 1.165) is 11.3 Å². The average Bonchev–Trinajstić information content (AvgIpc) is 2.40. The summed E-state index contributed by atoms with van der Waals surface area (Å²) in [6.45, 7) is 2.52. The molecule has 2 N–H and O–H groups in total. The van der Waals surface area contributed by atoms with Gasteiger partial charge in [-0.15, -0.1) is 0 Å². The smallest absolute Gasteiger partial charge is 0.352 e. The Morgan fingerprint density at radius 2 is 2.28 bits per heavy atom. The van der Waals surface area contributed by atoms with Gasteiger partial charge in [0.05, 0.1) is 6.61 Å². The zero-order valence-electron chi connectivity index (χ0n) is 9.99. The van der Waals surface area contributed by atoms with E-state index >= 15 is 0 Å². The molecule has 18 heavy (non-hydrogen) atoms. The van der Waals surface area contributed by atoms with Gasteiger partial charge in [-0.25, -0.2) is 4.79 Å². The summed E-state index contributed by atoms with van der Waals surface area (Å²) in [7, 11) is 0. The van der Waals surface area contributed by atoms with E-state index in [1.54, 1.807) is 6.92 Å². The predicted molar refractivity (Wildman–Crippen MR) is 66.2 cm³/mol. The first-order valence-electron chi connectivity index (χ1n) is 5.66. The van der Waals surface area contributed by atoms with Crippen LogP contribution >= 0.6 is 0 Å². The third-order valence-corrected chi connectivity index (χ3v) is 2.57. The number of rotatable bonds is 2. The van der Waals surface area contributed by atoms with Gasteiger partial charge in [0.1, 0.15) is 11.9 Å². The van der Waals surface area contributed by atoms with E-state index in [-0.39, 0.29) is 12.2 Å². The molecule has 1 heterocycles. The average molecular weight is 243 g/mol. The molecule has 92 valence electrons. The monoisotopic (exact) mass is 243 g/mol. The fraction of sp³-hybridized carbons (Fsp3) is 0.231. The van der Waals surface area contributed by atoms with E-state index in [1.165, 1.54) is 0 Å². The molecule has 0 spiro atoms. The fourth-order valence-electron chi connectivity index (χ4n) is 1.72. The molecule has 0 radical (unpaired) electrons. The van der Waals surface area contributed by atoms with Gasteiger partial charge in [-0.05, 0) is 18.6 Å². The van der Waals surface area contributed by atoms with Crippen LogP contribution in [-0.2, 0) is 16.1 Å². The van der Waals surface area contributed by atoms with Crippen molar-refractivity contribution in [3.05, 3.63) is 41.2 Å². The molecule has 5 nitrogen and oxygen atoms in total. The van der Waals surface area contributed by atoms with Crippen LogP contribution in [0.5, 0.6) is 0 Å². The maximum absolute atomic E-state index is 11.6. The van der Waals surface area contributed by atoms with Crippen molar-refractivity contribution >= 4 is 11.7 Å². The molecule has 0 saturated heterocycles. The lowest BCUT2D eigenvalue weighted by molar-refractivity contribution is -0.138. The number of carbonyl (C=O) groups is 1. The molecule has 0 bridgehead atoms. The molecular formula is C13H13N3O2. The summed E-state index contributed by atoms with van der Waals surface area (Å²) in [5.41, 5.74) is 1.94. The van der Waals surface area contributed by atoms with Crippen LogP contribution < -0.4 is 10.6 Å². The van der Waals surface area contributed by atoms with Crippen molar-refractivity contribution in [1.82, 2.24) is 5.32 Å². The van der Waals surface area contributed by atoms with Gasteiger partial charge in [0, 0.05) is 12.2 Å². The minimum Gasteiger partial charge on any atom is -0.462 e. The maximum Gasteiger partial charge on any atom is 0.352 e. The van der Waals surface area contributed by atoms with E-state index in [1.807, 2.05) is 30.3 Å². The van der Waals surface area contributed by atoms with Gasteiger partial charge >= 0.3 is 5.97 Å². The molecule has 0 amide bonds. The lowest BCUT2D eigenvalue weighted by Crippen LogP contribution is -2.29. The van der Waals surface area contributed by atoms with Crippen LogP contribution in [0.1, 0.15) is 12.5 Å². The Labute approximate surface area is 105 Å². The predicted octanol–water partition coefficient (Wildman–Crippen LogP) is 1.50. The van der Waals surface area contributed by atoms with Crippen molar-refractivity contribution in [2.75, 3.05) is 11.9 Å². The fourth-order valence-corrected chi connectivity index (χ4v) is 1.72. The molecule has 0 aliphatic carbocycles. The van der Waals surface area contributed by atoms with Crippen molar-refractivity contribution in [3.8, 4) is 6.07 Å². The zero-order valence-corrected chi connectivity index (χ0v) is 9.99. The lowest BCUT2D eigenvalue weighted by atomic mass is 10.1. The van der Waals surface area contributed by atoms with E-state index in [9.17, 15) is 4.79 Å². The van der Waals surface area contributed by atoms with Crippen molar-refractivity contribution in [1.29, 1.82) is 5.26 Å². The van der Waals surface area contributed by atoms with Gasteiger partial charge in [-0.2, -0.15) is 5.26 Å². The SMILES string of the molecule is CCOC(=O)/C(C#N)=C1/NCc2ccccc2N1. The van der Waals surface area contributed by atoms with Crippen LogP contribution in [0.15, 0.2) is 35.7 Å². The highest BCUT2D eigenvalue weighted by molar-refractivity contribution is 5.94. The molecule has 2 rings (SSSR count). The number of para-hydroxylation sites is 1. The van der Waals surface area contributed by atoms with Crippen molar-refractivity contribution in [3.63, 3.8) is 0 Å². The van der Waals surface area contributed by atoms with Crippen LogP contribution in [0.2, 0.25) is 0 Å². The normalized spacial score (nSPS) is 15.6. The van der Waals surface area contributed by atoms with Gasteiger partial charge in [-0.1, -0.05) is 18.2 Å². The highest BCUT2D eigenvalue weighted by Gasteiger charge is 2.20. The Hall–Kier alpha value is -2.48. The molecule has 0 fully saturated rings. The second kappa shape index (κ2) is 5.23. The van der Waals surface area contributed by atoms with Crippen LogP contribution in [0.25, 0.3) is 0 Å². The Balaban J connectivity index is 2.30. The zero-order chi connectivity index (χ0) is 13.0. The second-order valence-electron chi connectivity index (χ2n) is 3.72. The van der Waals surface area contributed by atoms with Crippen LogP contribution in [-0.4, -0.2) is 12.6 Å². The highest BCUT2D eigenvalue weighted by Crippen LogP contribution is 2.22. The van der Waals surface area contributed by atoms with Crippen LogP contribution in [0, 0.1) is 11.3 Å². The van der Waals surface area contributed by atoms with E-state index in [2.05, 4.69) is 10.6 Å². The Morgan fingerprint density at radius 3 is 3.00 bits per heavy atom. The largest absolute Gasteiger partial charge is 0.462 e. The molecular weight excluding hydrogens is 230 g/mol. The number of nitrogens with zero attached hydrogens (tertiary/aromatic N) is 1. The lowest BCUT2D eigenvalue weighted by Gasteiger charge is -2.23. The number of nitriles is 1. The van der Waals surface area contributed by atoms with Crippen molar-refractivity contribution in [2.45, 2.75) is 13.5 Å². The van der Waals surface area contributed by atoms with E-state index in [0.29, 0.717) is 12.4 Å². The van der Waals surface area contributed by atoms with Crippen LogP contribution in [0.4, 0.5) is 5.69 Å². The van der Waals surface area contributed by atoms with Crippen molar-refractivity contribution < 1.29 is 9.53 Å². The van der Waals surface area contributed by atoms with Gasteiger partial charge in [0.25, 0.3) is 0 Å². The van der Waals surface area contributed by atoms with E-state index in [4.69, 9.17) is 10.00 Å². The Bertz CT molecular complexity index is 543. The molecule has 1 aliphatic heterocycles. The first kappa shape index (κ1) is 12.0. The molecule has 0 atom stereocenters. The Morgan fingerprint density at radius 1 is 1.50 bits per heavy atom. The molecule has 5 heteroatoms. The summed E-state index contributed by atoms with van der Waals surface area (Å²) < 4.78 is 4.84. The third-order valence-electron chi connectivity index (χ3n) is 2.57. The number of fused-ring (bicyclic) bond motifs is 1. The minimum absolute atomic E-state index is 0.0358. The summed E-state index contributed by atoms with van der Waals surface area (Å²) in [4.78, 5) is 11.6. The molecule has 0 aromatic heterocycles. The number of benzene rings is 1. The first-order valence-corrected chi connectivity index (χ1v) is 5.66. The number of esters is 1. The second-order valence-corrected chi connectivity index (χ2v) is 3.72. The molecule has 0 unspecified atom stereocenters. The van der Waals surface area contributed by atoms with Gasteiger partial charge < -0.3 is 15.4 Å². The number of ether oxygens (including phenoxy) is 1.